The standard InChI is InChI=1S/C19H24N4O3S/c1-19(2,3)27(26)22-10-5-4-6-15-12-14(9-11-21-15)17-8-7-16(23(24)25)13-18(17)20/h7-13H,4-6,20H2,1-3H3/t27-/m0/s1. The van der Waals surface area contributed by atoms with E-state index >= 15 is 0 Å². The van der Waals surface area contributed by atoms with Gasteiger partial charge in [-0.15, -0.1) is 0 Å². The maximum Gasteiger partial charge on any atom is 0.271 e. The van der Waals surface area contributed by atoms with Gasteiger partial charge in [-0.1, -0.05) is 0 Å². The first-order valence-corrected chi connectivity index (χ1v) is 9.73. The molecule has 0 bridgehead atoms. The van der Waals surface area contributed by atoms with Gasteiger partial charge < -0.3 is 5.73 Å². The number of nitrogen functional groups attached to an aromatic ring is 1. The van der Waals surface area contributed by atoms with Crippen LogP contribution in [0.25, 0.3) is 11.1 Å². The molecule has 1 atom stereocenters. The van der Waals surface area contributed by atoms with E-state index in [9.17, 15) is 14.3 Å². The summed E-state index contributed by atoms with van der Waals surface area (Å²) in [5, 5.41) is 10.8. The van der Waals surface area contributed by atoms with Crippen LogP contribution in [0.2, 0.25) is 0 Å². The molecule has 0 unspecified atom stereocenters. The van der Waals surface area contributed by atoms with Crippen LogP contribution in [-0.2, 0) is 17.4 Å². The van der Waals surface area contributed by atoms with Gasteiger partial charge in [-0.05, 0) is 63.8 Å². The van der Waals surface area contributed by atoms with Gasteiger partial charge in [0.1, 0.15) is 11.0 Å². The SMILES string of the molecule is CC(C)(C)[S@](=O)N=CCCCc1cc(-c2ccc([N+](=O)[O-])cc2N)ccn1. The molecule has 0 saturated heterocycles. The summed E-state index contributed by atoms with van der Waals surface area (Å²) in [5.74, 6) is 0. The molecule has 7 nitrogen and oxygen atoms in total. The van der Waals surface area contributed by atoms with Crippen LogP contribution >= 0.6 is 0 Å². The van der Waals surface area contributed by atoms with E-state index in [4.69, 9.17) is 5.73 Å². The van der Waals surface area contributed by atoms with Crippen molar-refractivity contribution >= 4 is 28.6 Å². The molecule has 1 aromatic carbocycles. The molecule has 2 aromatic rings. The molecule has 0 aliphatic carbocycles. The lowest BCUT2D eigenvalue weighted by Gasteiger charge is -2.12. The van der Waals surface area contributed by atoms with Crippen molar-refractivity contribution < 1.29 is 9.13 Å². The number of nitrogens with zero attached hydrogens (tertiary/aromatic N) is 3. The molecule has 0 amide bonds. The van der Waals surface area contributed by atoms with Gasteiger partial charge in [0.15, 0.2) is 0 Å². The number of nitro benzene ring substituents is 1. The molecule has 0 spiro atoms. The van der Waals surface area contributed by atoms with Crippen LogP contribution in [0.15, 0.2) is 40.9 Å². The van der Waals surface area contributed by atoms with Crippen LogP contribution in [-0.4, -0.2) is 25.1 Å². The first kappa shape index (κ1) is 20.7. The minimum atomic E-state index is -1.23. The molecule has 27 heavy (non-hydrogen) atoms. The third kappa shape index (κ3) is 5.96. The summed E-state index contributed by atoms with van der Waals surface area (Å²) in [6.45, 7) is 5.67. The van der Waals surface area contributed by atoms with Gasteiger partial charge in [-0.2, -0.15) is 4.40 Å². The van der Waals surface area contributed by atoms with Crippen molar-refractivity contribution in [3.8, 4) is 11.1 Å². The third-order valence-corrected chi connectivity index (χ3v) is 5.22. The second-order valence-corrected chi connectivity index (χ2v) is 9.04. The fourth-order valence-corrected chi connectivity index (χ4v) is 2.92. The largest absolute Gasteiger partial charge is 0.398 e. The van der Waals surface area contributed by atoms with E-state index < -0.39 is 15.9 Å². The van der Waals surface area contributed by atoms with Crippen molar-refractivity contribution in [2.75, 3.05) is 5.73 Å². The summed E-state index contributed by atoms with van der Waals surface area (Å²) in [6, 6.07) is 8.22. The topological polar surface area (TPSA) is 111 Å². The van der Waals surface area contributed by atoms with Gasteiger partial charge in [-0.25, -0.2) is 4.21 Å². The quantitative estimate of drug-likeness (QED) is 0.252. The van der Waals surface area contributed by atoms with E-state index in [0.29, 0.717) is 12.1 Å². The normalized spacial score (nSPS) is 13.0. The number of benzene rings is 1. The van der Waals surface area contributed by atoms with Gasteiger partial charge in [0.2, 0.25) is 0 Å². The number of aromatic nitrogens is 1. The molecule has 2 N–H and O–H groups in total. The molecule has 0 fully saturated rings. The molecule has 0 saturated carbocycles. The molecular weight excluding hydrogens is 364 g/mol. The Balaban J connectivity index is 2.01. The lowest BCUT2D eigenvalue weighted by molar-refractivity contribution is -0.384. The molecule has 1 heterocycles. The highest BCUT2D eigenvalue weighted by atomic mass is 32.2. The van der Waals surface area contributed by atoms with E-state index in [2.05, 4.69) is 9.38 Å². The van der Waals surface area contributed by atoms with Gasteiger partial charge >= 0.3 is 0 Å². The van der Waals surface area contributed by atoms with E-state index in [-0.39, 0.29) is 10.4 Å². The molecule has 2 rings (SSSR count). The third-order valence-electron chi connectivity index (χ3n) is 3.83. The van der Waals surface area contributed by atoms with Crippen LogP contribution in [0.1, 0.15) is 39.3 Å². The van der Waals surface area contributed by atoms with Gasteiger partial charge in [0.25, 0.3) is 5.69 Å². The van der Waals surface area contributed by atoms with E-state index in [1.165, 1.54) is 12.1 Å². The fourth-order valence-electron chi connectivity index (χ4n) is 2.36. The summed E-state index contributed by atoms with van der Waals surface area (Å²) >= 11 is 0. The van der Waals surface area contributed by atoms with Gasteiger partial charge in [0, 0.05) is 41.5 Å². The Bertz CT molecular complexity index is 875. The van der Waals surface area contributed by atoms with Crippen LogP contribution in [0.5, 0.6) is 0 Å². The lowest BCUT2D eigenvalue weighted by atomic mass is 10.0. The summed E-state index contributed by atoms with van der Waals surface area (Å²) in [7, 11) is -1.23. The molecule has 0 aliphatic heterocycles. The number of nitro groups is 1. The fraction of sp³-hybridized carbons (Fsp3) is 0.368. The Labute approximate surface area is 161 Å². The molecule has 0 radical (unpaired) electrons. The molecular formula is C19H24N4O3S. The number of pyridine rings is 1. The monoisotopic (exact) mass is 388 g/mol. The zero-order chi connectivity index (χ0) is 20.0. The summed E-state index contributed by atoms with van der Waals surface area (Å²) in [6.07, 6.45) is 5.70. The predicted octanol–water partition coefficient (Wildman–Crippen LogP) is 4.09. The second kappa shape index (κ2) is 8.85. The smallest absolute Gasteiger partial charge is 0.271 e. The van der Waals surface area contributed by atoms with E-state index in [1.54, 1.807) is 18.5 Å². The molecule has 8 heteroatoms. The highest BCUT2D eigenvalue weighted by Gasteiger charge is 2.17. The maximum absolute atomic E-state index is 11.8. The minimum absolute atomic E-state index is 0.0301. The summed E-state index contributed by atoms with van der Waals surface area (Å²) in [5.41, 5.74) is 8.81. The first-order chi connectivity index (χ1) is 12.7. The number of aryl methyl sites for hydroxylation is 1. The van der Waals surface area contributed by atoms with Crippen molar-refractivity contribution in [2.45, 2.75) is 44.8 Å². The molecule has 144 valence electrons. The number of non-ortho nitro benzene ring substituents is 1. The Morgan fingerprint density at radius 2 is 2.04 bits per heavy atom. The van der Waals surface area contributed by atoms with Crippen LogP contribution in [0.3, 0.4) is 0 Å². The predicted molar refractivity (Wildman–Crippen MR) is 110 cm³/mol. The lowest BCUT2D eigenvalue weighted by Crippen LogP contribution is -2.19. The van der Waals surface area contributed by atoms with Gasteiger partial charge in [-0.3, -0.25) is 15.1 Å². The highest BCUT2D eigenvalue weighted by Crippen LogP contribution is 2.29. The number of unbranched alkanes of at least 4 members (excludes halogenated alkanes) is 1. The Morgan fingerprint density at radius 3 is 2.67 bits per heavy atom. The van der Waals surface area contributed by atoms with Gasteiger partial charge in [0.05, 0.1) is 9.67 Å². The maximum atomic E-state index is 11.8. The zero-order valence-electron chi connectivity index (χ0n) is 15.7. The Morgan fingerprint density at radius 1 is 1.30 bits per heavy atom. The average molecular weight is 388 g/mol. The van der Waals surface area contributed by atoms with E-state index in [0.717, 1.165) is 29.7 Å². The average Bonchev–Trinajstić information content (AvgIpc) is 2.60. The van der Waals surface area contributed by atoms with Crippen LogP contribution in [0, 0.1) is 10.1 Å². The van der Waals surface area contributed by atoms with Crippen molar-refractivity contribution in [3.63, 3.8) is 0 Å². The number of rotatable bonds is 7. The van der Waals surface area contributed by atoms with Crippen molar-refractivity contribution in [2.24, 2.45) is 4.40 Å². The van der Waals surface area contributed by atoms with E-state index in [1.807, 2.05) is 32.9 Å². The number of nitrogens with two attached hydrogens (primary N) is 1. The second-order valence-electron chi connectivity index (χ2n) is 7.11. The van der Waals surface area contributed by atoms with Crippen LogP contribution < -0.4 is 5.73 Å². The minimum Gasteiger partial charge on any atom is -0.398 e. The zero-order valence-corrected chi connectivity index (χ0v) is 16.5. The number of hydrogen-bond donors (Lipinski definition) is 1. The van der Waals surface area contributed by atoms with Crippen molar-refractivity contribution in [3.05, 3.63) is 52.3 Å². The summed E-state index contributed by atoms with van der Waals surface area (Å²) < 4.78 is 15.6. The van der Waals surface area contributed by atoms with Crippen molar-refractivity contribution in [1.82, 2.24) is 4.98 Å². The molecule has 0 aliphatic rings. The Kier molecular flexibility index (Phi) is 6.79. The highest BCUT2D eigenvalue weighted by molar-refractivity contribution is 7.85. The summed E-state index contributed by atoms with van der Waals surface area (Å²) in [4.78, 5) is 14.7. The first-order valence-electron chi connectivity index (χ1n) is 8.62. The van der Waals surface area contributed by atoms with Crippen molar-refractivity contribution in [1.29, 1.82) is 0 Å². The van der Waals surface area contributed by atoms with Crippen LogP contribution in [0.4, 0.5) is 11.4 Å². The number of hydrogen-bond acceptors (Lipinski definition) is 5. The number of anilines is 1. The molecule has 1 aromatic heterocycles. The Hall–Kier alpha value is -2.61.